The quantitative estimate of drug-likeness (QED) is 0.781. The molecule has 0 aliphatic heterocycles. The van der Waals surface area contributed by atoms with E-state index in [-0.39, 0.29) is 17.2 Å². The van der Waals surface area contributed by atoms with Crippen LogP contribution in [0.1, 0.15) is 24.2 Å². The molecule has 0 unspecified atom stereocenters. The van der Waals surface area contributed by atoms with Gasteiger partial charge in [0.2, 0.25) is 0 Å². The van der Waals surface area contributed by atoms with Crippen molar-refractivity contribution >= 4 is 11.6 Å². The number of nitrogens with zero attached hydrogens (tertiary/aromatic N) is 1. The minimum atomic E-state index is -0.568. The summed E-state index contributed by atoms with van der Waals surface area (Å²) in [5.41, 5.74) is 5.60. The molecule has 1 aromatic rings. The molecule has 0 bridgehead atoms. The minimum Gasteiger partial charge on any atom is -0.396 e. The zero-order valence-corrected chi connectivity index (χ0v) is 11.0. The van der Waals surface area contributed by atoms with Crippen LogP contribution in [0.3, 0.4) is 0 Å². The van der Waals surface area contributed by atoms with Crippen molar-refractivity contribution in [3.8, 4) is 0 Å². The lowest BCUT2D eigenvalue weighted by Crippen LogP contribution is -2.36. The van der Waals surface area contributed by atoms with E-state index in [1.807, 2.05) is 7.05 Å². The number of para-hydroxylation sites is 1. The average molecular weight is 253 g/mol. The van der Waals surface area contributed by atoms with Gasteiger partial charge in [-0.25, -0.2) is 4.39 Å². The first-order chi connectivity index (χ1) is 8.43. The molecule has 5 heteroatoms. The second-order valence-corrected chi connectivity index (χ2v) is 4.53. The molecule has 0 spiro atoms. The first-order valence-corrected chi connectivity index (χ1v) is 5.96. The lowest BCUT2D eigenvalue weighted by Gasteiger charge is -2.21. The van der Waals surface area contributed by atoms with Gasteiger partial charge < -0.3 is 16.0 Å². The van der Waals surface area contributed by atoms with Gasteiger partial charge >= 0.3 is 0 Å². The molecule has 0 saturated carbocycles. The van der Waals surface area contributed by atoms with Crippen LogP contribution in [-0.2, 0) is 0 Å². The van der Waals surface area contributed by atoms with Crippen molar-refractivity contribution in [2.24, 2.45) is 0 Å². The van der Waals surface area contributed by atoms with Crippen molar-refractivity contribution in [3.63, 3.8) is 0 Å². The highest BCUT2D eigenvalue weighted by Gasteiger charge is 2.12. The SMILES string of the molecule is CC(C)N(C)CCNC(=O)c1cccc(F)c1N. The normalized spacial score (nSPS) is 11.0. The maximum absolute atomic E-state index is 13.2. The maximum Gasteiger partial charge on any atom is 0.253 e. The molecule has 100 valence electrons. The molecular weight excluding hydrogens is 233 g/mol. The predicted molar refractivity (Wildman–Crippen MR) is 70.9 cm³/mol. The highest BCUT2D eigenvalue weighted by atomic mass is 19.1. The molecule has 0 heterocycles. The number of nitrogens with two attached hydrogens (primary N) is 1. The van der Waals surface area contributed by atoms with E-state index in [4.69, 9.17) is 5.73 Å². The van der Waals surface area contributed by atoms with Crippen molar-refractivity contribution in [2.45, 2.75) is 19.9 Å². The van der Waals surface area contributed by atoms with E-state index in [0.717, 1.165) is 6.54 Å². The molecule has 0 atom stereocenters. The molecule has 3 N–H and O–H groups in total. The number of hydrogen-bond donors (Lipinski definition) is 2. The highest BCUT2D eigenvalue weighted by Crippen LogP contribution is 2.15. The Morgan fingerprint density at radius 1 is 1.50 bits per heavy atom. The molecule has 0 saturated heterocycles. The van der Waals surface area contributed by atoms with E-state index in [1.165, 1.54) is 18.2 Å². The van der Waals surface area contributed by atoms with Crippen molar-refractivity contribution in [1.82, 2.24) is 10.2 Å². The molecule has 0 radical (unpaired) electrons. The van der Waals surface area contributed by atoms with Gasteiger partial charge in [-0.2, -0.15) is 0 Å². The van der Waals surface area contributed by atoms with Crippen LogP contribution >= 0.6 is 0 Å². The number of carbonyl (C=O) groups excluding carboxylic acids is 1. The monoisotopic (exact) mass is 253 g/mol. The van der Waals surface area contributed by atoms with E-state index in [1.54, 1.807) is 0 Å². The fourth-order valence-corrected chi connectivity index (χ4v) is 1.43. The van der Waals surface area contributed by atoms with Crippen LogP contribution in [0.5, 0.6) is 0 Å². The minimum absolute atomic E-state index is 0.104. The number of benzene rings is 1. The number of anilines is 1. The Bertz CT molecular complexity index is 421. The molecule has 0 aromatic heterocycles. The van der Waals surface area contributed by atoms with Crippen molar-refractivity contribution in [1.29, 1.82) is 0 Å². The molecule has 1 aromatic carbocycles. The van der Waals surface area contributed by atoms with Crippen molar-refractivity contribution < 1.29 is 9.18 Å². The summed E-state index contributed by atoms with van der Waals surface area (Å²) in [4.78, 5) is 13.9. The van der Waals surface area contributed by atoms with Gasteiger partial charge in [0.05, 0.1) is 11.3 Å². The number of nitrogens with one attached hydrogen (secondary N) is 1. The Balaban J connectivity index is 2.54. The molecule has 0 aliphatic rings. The standard InChI is InChI=1S/C13H20FN3O/c1-9(2)17(3)8-7-16-13(18)10-5-4-6-11(14)12(10)15/h4-6,9H,7-8,15H2,1-3H3,(H,16,18). The largest absolute Gasteiger partial charge is 0.396 e. The summed E-state index contributed by atoms with van der Waals surface area (Å²) in [5, 5.41) is 2.73. The molecule has 1 rings (SSSR count). The Morgan fingerprint density at radius 2 is 2.17 bits per heavy atom. The Morgan fingerprint density at radius 3 is 2.78 bits per heavy atom. The number of halogens is 1. The fourth-order valence-electron chi connectivity index (χ4n) is 1.43. The third kappa shape index (κ3) is 3.70. The van der Waals surface area contributed by atoms with Crippen LogP contribution in [0, 0.1) is 5.82 Å². The van der Waals surface area contributed by atoms with Gasteiger partial charge in [0, 0.05) is 19.1 Å². The van der Waals surface area contributed by atoms with E-state index >= 15 is 0 Å². The summed E-state index contributed by atoms with van der Waals surface area (Å²) >= 11 is 0. The van der Waals surface area contributed by atoms with E-state index < -0.39 is 5.82 Å². The Labute approximate surface area is 107 Å². The van der Waals surface area contributed by atoms with Gasteiger partial charge in [-0.05, 0) is 33.0 Å². The van der Waals surface area contributed by atoms with E-state index in [0.29, 0.717) is 12.6 Å². The first-order valence-electron chi connectivity index (χ1n) is 5.96. The summed E-state index contributed by atoms with van der Waals surface area (Å²) in [7, 11) is 1.98. The van der Waals surface area contributed by atoms with Gasteiger partial charge in [0.15, 0.2) is 0 Å². The third-order valence-electron chi connectivity index (χ3n) is 2.93. The summed E-state index contributed by atoms with van der Waals surface area (Å²) in [5.74, 6) is -0.911. The predicted octanol–water partition coefficient (Wildman–Crippen LogP) is 1.48. The van der Waals surface area contributed by atoms with Gasteiger partial charge in [-0.3, -0.25) is 4.79 Å². The van der Waals surface area contributed by atoms with Crippen LogP contribution < -0.4 is 11.1 Å². The summed E-state index contributed by atoms with van der Waals surface area (Å²) in [6.45, 7) is 5.39. The Kier molecular flexibility index (Phi) is 5.09. The van der Waals surface area contributed by atoms with Crippen LogP contribution in [-0.4, -0.2) is 37.0 Å². The van der Waals surface area contributed by atoms with Gasteiger partial charge in [-0.15, -0.1) is 0 Å². The average Bonchev–Trinajstić information content (AvgIpc) is 2.32. The van der Waals surface area contributed by atoms with Crippen molar-refractivity contribution in [2.75, 3.05) is 25.9 Å². The van der Waals surface area contributed by atoms with E-state index in [2.05, 4.69) is 24.1 Å². The van der Waals surface area contributed by atoms with E-state index in [9.17, 15) is 9.18 Å². The smallest absolute Gasteiger partial charge is 0.253 e. The summed E-state index contributed by atoms with van der Waals surface area (Å²) < 4.78 is 13.2. The Hall–Kier alpha value is -1.62. The lowest BCUT2D eigenvalue weighted by molar-refractivity contribution is 0.0948. The zero-order chi connectivity index (χ0) is 13.7. The maximum atomic E-state index is 13.2. The van der Waals surface area contributed by atoms with Crippen LogP contribution in [0.15, 0.2) is 18.2 Å². The molecule has 4 nitrogen and oxygen atoms in total. The lowest BCUT2D eigenvalue weighted by atomic mass is 10.1. The summed E-state index contributed by atoms with van der Waals surface area (Å²) in [6, 6.07) is 4.64. The topological polar surface area (TPSA) is 58.4 Å². The second-order valence-electron chi connectivity index (χ2n) is 4.53. The number of carbonyl (C=O) groups is 1. The van der Waals surface area contributed by atoms with Gasteiger partial charge in [-0.1, -0.05) is 6.07 Å². The molecule has 0 fully saturated rings. The molecule has 18 heavy (non-hydrogen) atoms. The highest BCUT2D eigenvalue weighted by molar-refractivity contribution is 5.99. The number of likely N-dealkylation sites (N-methyl/N-ethyl adjacent to an activating group) is 1. The second kappa shape index (κ2) is 6.35. The van der Waals surface area contributed by atoms with Gasteiger partial charge in [0.25, 0.3) is 5.91 Å². The van der Waals surface area contributed by atoms with Gasteiger partial charge in [0.1, 0.15) is 5.82 Å². The molecule has 0 aliphatic carbocycles. The van der Waals surface area contributed by atoms with Crippen molar-refractivity contribution in [3.05, 3.63) is 29.6 Å². The fraction of sp³-hybridized carbons (Fsp3) is 0.462. The molecule has 1 amide bonds. The van der Waals surface area contributed by atoms with Crippen LogP contribution in [0.25, 0.3) is 0 Å². The third-order valence-corrected chi connectivity index (χ3v) is 2.93. The first kappa shape index (κ1) is 14.4. The number of rotatable bonds is 5. The summed E-state index contributed by atoms with van der Waals surface area (Å²) in [6.07, 6.45) is 0. The van der Waals surface area contributed by atoms with Crippen LogP contribution in [0.4, 0.5) is 10.1 Å². The molecular formula is C13H20FN3O. The van der Waals surface area contributed by atoms with Crippen LogP contribution in [0.2, 0.25) is 0 Å². The number of nitrogen functional groups attached to an aromatic ring is 1. The number of amides is 1. The number of hydrogen-bond acceptors (Lipinski definition) is 3. The zero-order valence-electron chi connectivity index (χ0n) is 11.0.